The third-order valence-electron chi connectivity index (χ3n) is 3.32. The average molecular weight is 233 g/mol. The number of nitrogens with one attached hydrogen (secondary N) is 1. The van der Waals surface area contributed by atoms with Crippen molar-refractivity contribution < 1.29 is 9.53 Å². The lowest BCUT2D eigenvalue weighted by molar-refractivity contribution is -0.146. The molecular formula is C14H19NO2. The van der Waals surface area contributed by atoms with Crippen LogP contribution in [-0.4, -0.2) is 19.6 Å². The van der Waals surface area contributed by atoms with Crippen molar-refractivity contribution in [1.82, 2.24) is 0 Å². The largest absolute Gasteiger partial charge is 0.469 e. The summed E-state index contributed by atoms with van der Waals surface area (Å²) in [6.45, 7) is 4.82. The van der Waals surface area contributed by atoms with E-state index in [1.807, 2.05) is 0 Å². The minimum atomic E-state index is -0.271. The highest BCUT2D eigenvalue weighted by molar-refractivity contribution is 5.80. The maximum atomic E-state index is 11.6. The van der Waals surface area contributed by atoms with Gasteiger partial charge >= 0.3 is 5.97 Å². The van der Waals surface area contributed by atoms with E-state index in [1.165, 1.54) is 18.2 Å². The summed E-state index contributed by atoms with van der Waals surface area (Å²) in [6, 6.07) is 6.33. The zero-order chi connectivity index (χ0) is 12.5. The molecule has 0 amide bonds. The first kappa shape index (κ1) is 12.0. The number of carbonyl (C=O) groups is 1. The molecule has 0 atom stereocenters. The molecule has 2 rings (SSSR count). The van der Waals surface area contributed by atoms with Gasteiger partial charge in [0.15, 0.2) is 0 Å². The van der Waals surface area contributed by atoms with Gasteiger partial charge in [0.1, 0.15) is 0 Å². The van der Waals surface area contributed by atoms with Crippen molar-refractivity contribution in [3.05, 3.63) is 29.3 Å². The molecule has 92 valence electrons. The summed E-state index contributed by atoms with van der Waals surface area (Å²) in [5.74, 6) is -0.0885. The van der Waals surface area contributed by atoms with Gasteiger partial charge in [-0.1, -0.05) is 6.07 Å². The van der Waals surface area contributed by atoms with E-state index in [0.29, 0.717) is 6.54 Å². The van der Waals surface area contributed by atoms with Crippen LogP contribution < -0.4 is 5.32 Å². The van der Waals surface area contributed by atoms with Crippen LogP contribution in [0.2, 0.25) is 0 Å². The zero-order valence-corrected chi connectivity index (χ0v) is 10.7. The van der Waals surface area contributed by atoms with Crippen LogP contribution >= 0.6 is 0 Å². The highest BCUT2D eigenvalue weighted by atomic mass is 16.5. The van der Waals surface area contributed by atoms with Gasteiger partial charge in [0.05, 0.1) is 12.5 Å². The predicted molar refractivity (Wildman–Crippen MR) is 68.1 cm³/mol. The lowest BCUT2D eigenvalue weighted by Gasteiger charge is -2.15. The molecule has 1 fully saturated rings. The van der Waals surface area contributed by atoms with Crippen LogP contribution in [-0.2, 0) is 9.53 Å². The molecule has 1 aromatic carbocycles. The quantitative estimate of drug-likeness (QED) is 0.812. The van der Waals surface area contributed by atoms with Gasteiger partial charge in [-0.2, -0.15) is 0 Å². The van der Waals surface area contributed by atoms with E-state index >= 15 is 0 Å². The van der Waals surface area contributed by atoms with Crippen molar-refractivity contribution in [3.63, 3.8) is 0 Å². The number of carbonyl (C=O) groups excluding carboxylic acids is 1. The van der Waals surface area contributed by atoms with E-state index in [0.717, 1.165) is 18.5 Å². The first-order valence-corrected chi connectivity index (χ1v) is 5.96. The minimum Gasteiger partial charge on any atom is -0.469 e. The van der Waals surface area contributed by atoms with Gasteiger partial charge in [-0.3, -0.25) is 4.79 Å². The molecule has 1 aliphatic rings. The number of benzene rings is 1. The summed E-state index contributed by atoms with van der Waals surface area (Å²) in [5, 5.41) is 3.34. The first-order chi connectivity index (χ1) is 8.05. The summed E-state index contributed by atoms with van der Waals surface area (Å²) in [6.07, 6.45) is 1.86. The fraction of sp³-hybridized carbons (Fsp3) is 0.500. The topological polar surface area (TPSA) is 38.3 Å². The van der Waals surface area contributed by atoms with Crippen LogP contribution in [0.1, 0.15) is 24.0 Å². The number of hydrogen-bond donors (Lipinski definition) is 1. The Morgan fingerprint density at radius 2 is 1.88 bits per heavy atom. The first-order valence-electron chi connectivity index (χ1n) is 5.96. The van der Waals surface area contributed by atoms with Gasteiger partial charge in [0.2, 0.25) is 0 Å². The van der Waals surface area contributed by atoms with Crippen LogP contribution in [0, 0.1) is 19.3 Å². The molecule has 1 N–H and O–H groups in total. The predicted octanol–water partition coefficient (Wildman–Crippen LogP) is 2.67. The molecule has 17 heavy (non-hydrogen) atoms. The number of rotatable bonds is 4. The minimum absolute atomic E-state index is 0.0885. The summed E-state index contributed by atoms with van der Waals surface area (Å²) in [4.78, 5) is 11.6. The molecule has 1 aliphatic carbocycles. The third-order valence-corrected chi connectivity index (χ3v) is 3.32. The molecule has 3 nitrogen and oxygen atoms in total. The standard InChI is InChI=1S/C14H19NO2/c1-10-6-11(2)8-12(7-10)15-9-14(4-5-14)13(16)17-3/h6-8,15H,4-5,9H2,1-3H3. The van der Waals surface area contributed by atoms with E-state index < -0.39 is 0 Å². The highest BCUT2D eigenvalue weighted by Crippen LogP contribution is 2.46. The SMILES string of the molecule is COC(=O)C1(CNc2cc(C)cc(C)c2)CC1. The molecule has 0 unspecified atom stereocenters. The Hall–Kier alpha value is -1.51. The maximum Gasteiger partial charge on any atom is 0.313 e. The van der Waals surface area contributed by atoms with Crippen LogP contribution in [0.25, 0.3) is 0 Å². The molecule has 3 heteroatoms. The van der Waals surface area contributed by atoms with E-state index in [4.69, 9.17) is 4.74 Å². The van der Waals surface area contributed by atoms with Crippen molar-refractivity contribution >= 4 is 11.7 Å². The summed E-state index contributed by atoms with van der Waals surface area (Å²) in [5.41, 5.74) is 3.27. The van der Waals surface area contributed by atoms with E-state index in [-0.39, 0.29) is 11.4 Å². The molecular weight excluding hydrogens is 214 g/mol. The number of esters is 1. The van der Waals surface area contributed by atoms with Crippen molar-refractivity contribution in [2.24, 2.45) is 5.41 Å². The van der Waals surface area contributed by atoms with Crippen LogP contribution in [0.15, 0.2) is 18.2 Å². The molecule has 0 aromatic heterocycles. The Balaban J connectivity index is 2.01. The van der Waals surface area contributed by atoms with Crippen molar-refractivity contribution in [2.45, 2.75) is 26.7 Å². The number of aryl methyl sites for hydroxylation is 2. The Bertz CT molecular complexity index is 416. The Kier molecular flexibility index (Phi) is 3.09. The van der Waals surface area contributed by atoms with Crippen LogP contribution in [0.5, 0.6) is 0 Å². The second-order valence-electron chi connectivity index (χ2n) is 5.00. The number of anilines is 1. The third kappa shape index (κ3) is 2.60. The second kappa shape index (κ2) is 4.40. The number of hydrogen-bond acceptors (Lipinski definition) is 3. The average Bonchev–Trinajstić information content (AvgIpc) is 3.05. The Morgan fingerprint density at radius 1 is 1.29 bits per heavy atom. The lowest BCUT2D eigenvalue weighted by Crippen LogP contribution is -2.26. The molecule has 0 bridgehead atoms. The summed E-state index contributed by atoms with van der Waals surface area (Å²) >= 11 is 0. The molecule has 0 saturated heterocycles. The van der Waals surface area contributed by atoms with Crippen molar-refractivity contribution in [2.75, 3.05) is 19.0 Å². The molecule has 0 aliphatic heterocycles. The van der Waals surface area contributed by atoms with Gasteiger partial charge in [0, 0.05) is 12.2 Å². The van der Waals surface area contributed by atoms with Gasteiger partial charge in [0.25, 0.3) is 0 Å². The van der Waals surface area contributed by atoms with Gasteiger partial charge in [-0.05, 0) is 49.9 Å². The summed E-state index contributed by atoms with van der Waals surface area (Å²) < 4.78 is 4.83. The zero-order valence-electron chi connectivity index (χ0n) is 10.7. The smallest absolute Gasteiger partial charge is 0.313 e. The van der Waals surface area contributed by atoms with Crippen LogP contribution in [0.3, 0.4) is 0 Å². The lowest BCUT2D eigenvalue weighted by atomic mass is 10.1. The number of methoxy groups -OCH3 is 1. The van der Waals surface area contributed by atoms with Gasteiger partial charge < -0.3 is 10.1 Å². The molecule has 1 saturated carbocycles. The van der Waals surface area contributed by atoms with E-state index in [9.17, 15) is 4.79 Å². The van der Waals surface area contributed by atoms with Crippen molar-refractivity contribution in [3.8, 4) is 0 Å². The monoisotopic (exact) mass is 233 g/mol. The highest BCUT2D eigenvalue weighted by Gasteiger charge is 2.50. The fourth-order valence-corrected chi connectivity index (χ4v) is 2.17. The van der Waals surface area contributed by atoms with Gasteiger partial charge in [-0.25, -0.2) is 0 Å². The molecule has 0 radical (unpaired) electrons. The van der Waals surface area contributed by atoms with Gasteiger partial charge in [-0.15, -0.1) is 0 Å². The van der Waals surface area contributed by atoms with E-state index in [1.54, 1.807) is 0 Å². The molecule has 0 spiro atoms. The summed E-state index contributed by atoms with van der Waals surface area (Å²) in [7, 11) is 1.46. The molecule has 1 aromatic rings. The van der Waals surface area contributed by atoms with E-state index in [2.05, 4.69) is 37.4 Å². The second-order valence-corrected chi connectivity index (χ2v) is 5.00. The number of ether oxygens (including phenoxy) is 1. The normalized spacial score (nSPS) is 16.4. The Morgan fingerprint density at radius 3 is 2.35 bits per heavy atom. The maximum absolute atomic E-state index is 11.6. The van der Waals surface area contributed by atoms with Crippen LogP contribution in [0.4, 0.5) is 5.69 Å². The molecule has 0 heterocycles. The fourth-order valence-electron chi connectivity index (χ4n) is 2.17. The van der Waals surface area contributed by atoms with Crippen molar-refractivity contribution in [1.29, 1.82) is 0 Å². The Labute approximate surface area is 102 Å².